The highest BCUT2D eigenvalue weighted by Crippen LogP contribution is 2.30. The number of H-pyrrole nitrogens is 1. The highest BCUT2D eigenvalue weighted by molar-refractivity contribution is 6.07. The summed E-state index contributed by atoms with van der Waals surface area (Å²) in [6.07, 6.45) is 2.10. The maximum atomic E-state index is 12.5. The van der Waals surface area contributed by atoms with Gasteiger partial charge in [0.05, 0.1) is 5.56 Å². The van der Waals surface area contributed by atoms with Crippen molar-refractivity contribution in [1.29, 1.82) is 0 Å². The Bertz CT molecular complexity index is 794. The fourth-order valence-corrected chi connectivity index (χ4v) is 2.46. The second-order valence-electron chi connectivity index (χ2n) is 4.77. The first-order valence-corrected chi connectivity index (χ1v) is 6.44. The number of hydrogen-bond donors (Lipinski definition) is 2. The molecule has 0 saturated heterocycles. The zero-order chi connectivity index (χ0) is 15.0. The molecule has 106 valence electrons. The smallest absolute Gasteiger partial charge is 0.335 e. The number of carbonyl (C=O) groups excluding carboxylic acids is 1. The Morgan fingerprint density at radius 1 is 1.24 bits per heavy atom. The van der Waals surface area contributed by atoms with E-state index in [9.17, 15) is 14.4 Å². The zero-order valence-electron chi connectivity index (χ0n) is 11.0. The van der Waals surface area contributed by atoms with Gasteiger partial charge in [0.15, 0.2) is 0 Å². The molecule has 0 radical (unpaired) electrons. The Morgan fingerprint density at radius 2 is 2.05 bits per heavy atom. The lowest BCUT2D eigenvalue weighted by Gasteiger charge is -2.17. The van der Waals surface area contributed by atoms with Gasteiger partial charge in [-0.1, -0.05) is 6.07 Å². The fraction of sp³-hybridized carbons (Fsp3) is 0.133. The second-order valence-corrected chi connectivity index (χ2v) is 4.77. The molecule has 0 aliphatic carbocycles. The number of anilines is 1. The van der Waals surface area contributed by atoms with Crippen molar-refractivity contribution in [3.8, 4) is 0 Å². The van der Waals surface area contributed by atoms with Gasteiger partial charge in [-0.15, -0.1) is 0 Å². The summed E-state index contributed by atoms with van der Waals surface area (Å²) in [4.78, 5) is 39.1. The van der Waals surface area contributed by atoms with Crippen molar-refractivity contribution in [3.05, 3.63) is 63.6 Å². The lowest BCUT2D eigenvalue weighted by Crippen LogP contribution is -2.33. The molecule has 0 saturated carbocycles. The van der Waals surface area contributed by atoms with Gasteiger partial charge in [-0.05, 0) is 36.2 Å². The first kappa shape index (κ1) is 13.1. The monoisotopic (exact) mass is 284 g/mol. The van der Waals surface area contributed by atoms with Crippen LogP contribution in [0.15, 0.2) is 41.3 Å². The van der Waals surface area contributed by atoms with E-state index in [1.54, 1.807) is 12.1 Å². The van der Waals surface area contributed by atoms with E-state index in [4.69, 9.17) is 5.11 Å². The van der Waals surface area contributed by atoms with Crippen molar-refractivity contribution >= 4 is 17.6 Å². The Labute approximate surface area is 119 Å². The maximum absolute atomic E-state index is 12.5. The molecular formula is C15H12N2O4. The van der Waals surface area contributed by atoms with Crippen LogP contribution in [0, 0.1) is 0 Å². The third-order valence-electron chi connectivity index (χ3n) is 3.52. The third-order valence-corrected chi connectivity index (χ3v) is 3.52. The molecular weight excluding hydrogens is 272 g/mol. The highest BCUT2D eigenvalue weighted by Gasteiger charge is 2.27. The van der Waals surface area contributed by atoms with E-state index >= 15 is 0 Å². The minimum absolute atomic E-state index is 0.0473. The molecule has 21 heavy (non-hydrogen) atoms. The number of benzene rings is 1. The summed E-state index contributed by atoms with van der Waals surface area (Å²) in [5.74, 6) is -1.47. The lowest BCUT2D eigenvalue weighted by molar-refractivity contribution is 0.0696. The van der Waals surface area contributed by atoms with Gasteiger partial charge >= 0.3 is 5.97 Å². The summed E-state index contributed by atoms with van der Waals surface area (Å²) in [5, 5.41) is 9.04. The second kappa shape index (κ2) is 4.90. The van der Waals surface area contributed by atoms with Gasteiger partial charge in [-0.25, -0.2) is 4.79 Å². The van der Waals surface area contributed by atoms with Gasteiger partial charge < -0.3 is 15.0 Å². The number of rotatable bonds is 2. The van der Waals surface area contributed by atoms with Gasteiger partial charge in [-0.2, -0.15) is 0 Å². The average Bonchev–Trinajstić information content (AvgIpc) is 2.90. The van der Waals surface area contributed by atoms with Crippen LogP contribution in [0.3, 0.4) is 0 Å². The molecule has 2 N–H and O–H groups in total. The minimum atomic E-state index is -1.05. The van der Waals surface area contributed by atoms with Crippen LogP contribution in [0.5, 0.6) is 0 Å². The molecule has 6 nitrogen and oxygen atoms in total. The number of aromatic amines is 1. The fourth-order valence-electron chi connectivity index (χ4n) is 2.46. The van der Waals surface area contributed by atoms with Crippen LogP contribution >= 0.6 is 0 Å². The van der Waals surface area contributed by atoms with Gasteiger partial charge in [-0.3, -0.25) is 9.59 Å². The Kier molecular flexibility index (Phi) is 3.06. The molecule has 0 unspecified atom stereocenters. The normalized spacial score (nSPS) is 13.0. The van der Waals surface area contributed by atoms with Crippen LogP contribution in [-0.4, -0.2) is 28.5 Å². The summed E-state index contributed by atoms with van der Waals surface area (Å²) >= 11 is 0. The summed E-state index contributed by atoms with van der Waals surface area (Å²) < 4.78 is 0. The topological polar surface area (TPSA) is 90.5 Å². The number of carboxylic acid groups (broad SMARTS) is 1. The van der Waals surface area contributed by atoms with E-state index in [0.29, 0.717) is 18.7 Å². The Morgan fingerprint density at radius 3 is 2.76 bits per heavy atom. The van der Waals surface area contributed by atoms with E-state index in [1.807, 2.05) is 0 Å². The summed E-state index contributed by atoms with van der Waals surface area (Å²) in [5.41, 5.74) is 1.18. The molecule has 0 spiro atoms. The SMILES string of the molecule is O=C(O)c1ccc2c(c1)N(C(=O)c1ccc[nH]c1=O)CC2. The lowest BCUT2D eigenvalue weighted by atomic mass is 10.1. The Hall–Kier alpha value is -2.89. The van der Waals surface area contributed by atoms with E-state index in [1.165, 1.54) is 29.3 Å². The summed E-state index contributed by atoms with van der Waals surface area (Å²) in [6.45, 7) is 0.436. The number of hydrogen-bond acceptors (Lipinski definition) is 3. The number of fused-ring (bicyclic) bond motifs is 1. The van der Waals surface area contributed by atoms with Crippen molar-refractivity contribution < 1.29 is 14.7 Å². The van der Waals surface area contributed by atoms with Crippen LogP contribution in [-0.2, 0) is 6.42 Å². The molecule has 0 atom stereocenters. The van der Waals surface area contributed by atoms with Gasteiger partial charge in [0.2, 0.25) is 0 Å². The average molecular weight is 284 g/mol. The number of pyridine rings is 1. The first-order valence-electron chi connectivity index (χ1n) is 6.44. The van der Waals surface area contributed by atoms with Crippen molar-refractivity contribution in [2.24, 2.45) is 0 Å². The summed E-state index contributed by atoms with van der Waals surface area (Å²) in [7, 11) is 0. The minimum Gasteiger partial charge on any atom is -0.478 e. The Balaban J connectivity index is 2.03. The first-order chi connectivity index (χ1) is 10.1. The van der Waals surface area contributed by atoms with Crippen LogP contribution < -0.4 is 10.5 Å². The van der Waals surface area contributed by atoms with E-state index in [0.717, 1.165) is 5.56 Å². The summed E-state index contributed by atoms with van der Waals surface area (Å²) in [6, 6.07) is 7.74. The van der Waals surface area contributed by atoms with Crippen LogP contribution in [0.2, 0.25) is 0 Å². The van der Waals surface area contributed by atoms with Crippen molar-refractivity contribution in [3.63, 3.8) is 0 Å². The van der Waals surface area contributed by atoms with Gasteiger partial charge in [0.1, 0.15) is 5.56 Å². The molecule has 2 aromatic rings. The molecule has 2 heterocycles. The molecule has 1 amide bonds. The van der Waals surface area contributed by atoms with E-state index in [2.05, 4.69) is 4.98 Å². The number of amides is 1. The molecule has 1 aliphatic heterocycles. The van der Waals surface area contributed by atoms with Gasteiger partial charge in [0.25, 0.3) is 11.5 Å². The quantitative estimate of drug-likeness (QED) is 0.869. The molecule has 0 fully saturated rings. The predicted octanol–water partition coefficient (Wildman–Crippen LogP) is 1.28. The third kappa shape index (κ3) is 2.20. The number of aromatic nitrogens is 1. The predicted molar refractivity (Wildman–Crippen MR) is 75.8 cm³/mol. The molecule has 1 aromatic heterocycles. The molecule has 3 rings (SSSR count). The molecule has 6 heteroatoms. The number of nitrogens with zero attached hydrogens (tertiary/aromatic N) is 1. The standard InChI is InChI=1S/C15H12N2O4/c18-13-11(2-1-6-16-13)14(19)17-7-5-9-3-4-10(15(20)21)8-12(9)17/h1-4,6,8H,5,7H2,(H,16,18)(H,20,21). The van der Waals surface area contributed by atoms with Crippen LogP contribution in [0.1, 0.15) is 26.3 Å². The maximum Gasteiger partial charge on any atom is 0.335 e. The molecule has 1 aromatic carbocycles. The highest BCUT2D eigenvalue weighted by atomic mass is 16.4. The van der Waals surface area contributed by atoms with Crippen molar-refractivity contribution in [2.75, 3.05) is 11.4 Å². The number of nitrogens with one attached hydrogen (secondary N) is 1. The van der Waals surface area contributed by atoms with Crippen LogP contribution in [0.25, 0.3) is 0 Å². The molecule has 1 aliphatic rings. The molecule has 0 bridgehead atoms. The van der Waals surface area contributed by atoms with Crippen molar-refractivity contribution in [1.82, 2.24) is 4.98 Å². The van der Waals surface area contributed by atoms with Gasteiger partial charge in [0, 0.05) is 18.4 Å². The van der Waals surface area contributed by atoms with Crippen molar-refractivity contribution in [2.45, 2.75) is 6.42 Å². The number of aromatic carboxylic acids is 1. The van der Waals surface area contributed by atoms with Crippen LogP contribution in [0.4, 0.5) is 5.69 Å². The largest absolute Gasteiger partial charge is 0.478 e. The van der Waals surface area contributed by atoms with E-state index < -0.39 is 17.4 Å². The zero-order valence-corrected chi connectivity index (χ0v) is 11.0. The number of carboxylic acids is 1. The van der Waals surface area contributed by atoms with E-state index in [-0.39, 0.29) is 11.1 Å². The number of carbonyl (C=O) groups is 2.